The van der Waals surface area contributed by atoms with Gasteiger partial charge in [0.25, 0.3) is 10.1 Å². The second-order valence-corrected chi connectivity index (χ2v) is 7.26. The standard InChI is InChI=1S/C17H19NO6S/c1-11-3-5-13(6-4-11)25(19,20)23-10-12-9-22-16-8-15(21-2)14(18)7-17(16)24-12/h3-8,12H,9-10,18H2,1-2H3/t12-/m0/s1. The van der Waals surface area contributed by atoms with Crippen molar-refractivity contribution in [3.8, 4) is 17.2 Å². The smallest absolute Gasteiger partial charge is 0.297 e. The number of aryl methyl sites for hydroxylation is 1. The van der Waals surface area contributed by atoms with Crippen LogP contribution in [-0.2, 0) is 14.3 Å². The fourth-order valence-corrected chi connectivity index (χ4v) is 3.29. The van der Waals surface area contributed by atoms with E-state index in [-0.39, 0.29) is 18.1 Å². The van der Waals surface area contributed by atoms with Gasteiger partial charge in [0.15, 0.2) is 17.6 Å². The Morgan fingerprint density at radius 1 is 1.20 bits per heavy atom. The van der Waals surface area contributed by atoms with Gasteiger partial charge in [0.1, 0.15) is 19.0 Å². The van der Waals surface area contributed by atoms with Crippen molar-refractivity contribution in [3.63, 3.8) is 0 Å². The highest BCUT2D eigenvalue weighted by Gasteiger charge is 2.26. The summed E-state index contributed by atoms with van der Waals surface area (Å²) in [6.07, 6.45) is -0.569. The maximum absolute atomic E-state index is 12.2. The van der Waals surface area contributed by atoms with E-state index < -0.39 is 16.2 Å². The molecule has 1 heterocycles. The topological polar surface area (TPSA) is 97.1 Å². The van der Waals surface area contributed by atoms with Gasteiger partial charge >= 0.3 is 0 Å². The van der Waals surface area contributed by atoms with Gasteiger partial charge in [0.05, 0.1) is 17.7 Å². The molecule has 3 rings (SSSR count). The zero-order valence-electron chi connectivity index (χ0n) is 13.9. The molecule has 0 saturated heterocycles. The highest BCUT2D eigenvalue weighted by atomic mass is 32.2. The Labute approximate surface area is 146 Å². The third-order valence-corrected chi connectivity index (χ3v) is 5.03. The second kappa shape index (κ2) is 6.81. The number of nitrogens with two attached hydrogens (primary N) is 1. The SMILES string of the molecule is COc1cc2c(cc1N)O[C@H](COS(=O)(=O)c1ccc(C)cc1)CO2. The van der Waals surface area contributed by atoms with Gasteiger partial charge in [0, 0.05) is 12.1 Å². The molecular weight excluding hydrogens is 346 g/mol. The third-order valence-electron chi connectivity index (χ3n) is 3.73. The predicted molar refractivity (Wildman–Crippen MR) is 91.6 cm³/mol. The molecule has 7 nitrogen and oxygen atoms in total. The number of benzene rings is 2. The number of hydrogen-bond acceptors (Lipinski definition) is 7. The van der Waals surface area contributed by atoms with Crippen molar-refractivity contribution in [1.29, 1.82) is 0 Å². The molecule has 0 aromatic heterocycles. The molecule has 25 heavy (non-hydrogen) atoms. The minimum absolute atomic E-state index is 0.101. The minimum atomic E-state index is -3.85. The van der Waals surface area contributed by atoms with Crippen LogP contribution in [0.2, 0.25) is 0 Å². The van der Waals surface area contributed by atoms with E-state index in [0.717, 1.165) is 5.56 Å². The van der Waals surface area contributed by atoms with Crippen molar-refractivity contribution in [2.45, 2.75) is 17.9 Å². The molecule has 0 aliphatic carbocycles. The summed E-state index contributed by atoms with van der Waals surface area (Å²) in [6, 6.07) is 9.64. The van der Waals surface area contributed by atoms with Crippen molar-refractivity contribution >= 4 is 15.8 Å². The van der Waals surface area contributed by atoms with Gasteiger partial charge in [0.2, 0.25) is 0 Å². The van der Waals surface area contributed by atoms with E-state index in [4.69, 9.17) is 24.1 Å². The van der Waals surface area contributed by atoms with E-state index >= 15 is 0 Å². The summed E-state index contributed by atoms with van der Waals surface area (Å²) in [5, 5.41) is 0. The summed E-state index contributed by atoms with van der Waals surface area (Å²) >= 11 is 0. The first kappa shape index (κ1) is 17.4. The van der Waals surface area contributed by atoms with E-state index in [1.165, 1.54) is 19.2 Å². The van der Waals surface area contributed by atoms with Crippen LogP contribution in [0.4, 0.5) is 5.69 Å². The van der Waals surface area contributed by atoms with Crippen molar-refractivity contribution in [1.82, 2.24) is 0 Å². The summed E-state index contributed by atoms with van der Waals surface area (Å²) in [5.74, 6) is 1.40. The highest BCUT2D eigenvalue weighted by Crippen LogP contribution is 2.39. The Kier molecular flexibility index (Phi) is 4.73. The van der Waals surface area contributed by atoms with E-state index in [1.54, 1.807) is 24.3 Å². The molecule has 0 fully saturated rings. The number of anilines is 1. The number of methoxy groups -OCH3 is 1. The summed E-state index contributed by atoms with van der Waals surface area (Å²) in [7, 11) is -2.34. The van der Waals surface area contributed by atoms with E-state index in [9.17, 15) is 8.42 Å². The molecule has 1 aliphatic heterocycles. The molecule has 0 bridgehead atoms. The van der Waals surface area contributed by atoms with Crippen LogP contribution in [0.3, 0.4) is 0 Å². The molecule has 1 atom stereocenters. The third kappa shape index (κ3) is 3.80. The minimum Gasteiger partial charge on any atom is -0.494 e. The van der Waals surface area contributed by atoms with E-state index in [2.05, 4.69) is 0 Å². The first-order chi connectivity index (χ1) is 11.9. The Morgan fingerprint density at radius 3 is 2.60 bits per heavy atom. The van der Waals surface area contributed by atoms with Crippen LogP contribution in [0, 0.1) is 6.92 Å². The molecule has 134 valence electrons. The molecule has 8 heteroatoms. The van der Waals surface area contributed by atoms with Gasteiger partial charge in [-0.25, -0.2) is 0 Å². The van der Waals surface area contributed by atoms with Gasteiger partial charge < -0.3 is 19.9 Å². The average molecular weight is 365 g/mol. The maximum atomic E-state index is 12.2. The van der Waals surface area contributed by atoms with Gasteiger partial charge in [-0.1, -0.05) is 17.7 Å². The first-order valence-electron chi connectivity index (χ1n) is 7.62. The maximum Gasteiger partial charge on any atom is 0.297 e. The van der Waals surface area contributed by atoms with Crippen LogP contribution in [0.25, 0.3) is 0 Å². The molecule has 2 N–H and O–H groups in total. The number of rotatable bonds is 5. The average Bonchev–Trinajstić information content (AvgIpc) is 2.59. The summed E-state index contributed by atoms with van der Waals surface area (Å²) in [6.45, 7) is 1.87. The quantitative estimate of drug-likeness (QED) is 0.640. The summed E-state index contributed by atoms with van der Waals surface area (Å²) in [5.41, 5.74) is 7.21. The highest BCUT2D eigenvalue weighted by molar-refractivity contribution is 7.86. The molecular formula is C17H19NO6S. The predicted octanol–water partition coefficient (Wildman–Crippen LogP) is 2.13. The molecule has 0 unspecified atom stereocenters. The largest absolute Gasteiger partial charge is 0.494 e. The van der Waals surface area contributed by atoms with Gasteiger partial charge in [-0.2, -0.15) is 8.42 Å². The van der Waals surface area contributed by atoms with Gasteiger partial charge in [-0.05, 0) is 19.1 Å². The molecule has 2 aromatic rings. The van der Waals surface area contributed by atoms with Crippen LogP contribution in [0.5, 0.6) is 17.2 Å². The van der Waals surface area contributed by atoms with Gasteiger partial charge in [-0.3, -0.25) is 4.18 Å². The molecule has 0 amide bonds. The normalized spacial score (nSPS) is 16.5. The monoisotopic (exact) mass is 365 g/mol. The van der Waals surface area contributed by atoms with Crippen LogP contribution in [0.1, 0.15) is 5.56 Å². The van der Waals surface area contributed by atoms with Crippen molar-refractivity contribution in [2.24, 2.45) is 0 Å². The lowest BCUT2D eigenvalue weighted by molar-refractivity contribution is 0.0553. The Hall–Kier alpha value is -2.45. The zero-order valence-corrected chi connectivity index (χ0v) is 14.7. The number of nitrogen functional groups attached to an aromatic ring is 1. The molecule has 2 aromatic carbocycles. The van der Waals surface area contributed by atoms with Crippen molar-refractivity contribution in [3.05, 3.63) is 42.0 Å². The molecule has 0 saturated carbocycles. The van der Waals surface area contributed by atoms with Crippen LogP contribution >= 0.6 is 0 Å². The Bertz CT molecular complexity index is 863. The lowest BCUT2D eigenvalue weighted by atomic mass is 10.2. The van der Waals surface area contributed by atoms with Crippen LogP contribution in [0.15, 0.2) is 41.3 Å². The van der Waals surface area contributed by atoms with Gasteiger partial charge in [-0.15, -0.1) is 0 Å². The molecule has 1 aliphatic rings. The first-order valence-corrected chi connectivity index (χ1v) is 9.03. The van der Waals surface area contributed by atoms with Crippen molar-refractivity contribution < 1.29 is 26.8 Å². The summed E-state index contributed by atoms with van der Waals surface area (Å²) in [4.78, 5) is 0.101. The molecule has 0 radical (unpaired) electrons. The van der Waals surface area contributed by atoms with Crippen LogP contribution < -0.4 is 19.9 Å². The Morgan fingerprint density at radius 2 is 1.92 bits per heavy atom. The fraction of sp³-hybridized carbons (Fsp3) is 0.294. The molecule has 0 spiro atoms. The zero-order chi connectivity index (χ0) is 18.0. The second-order valence-electron chi connectivity index (χ2n) is 5.64. The summed E-state index contributed by atoms with van der Waals surface area (Å²) < 4.78 is 45.9. The number of hydrogen-bond donors (Lipinski definition) is 1. The van der Waals surface area contributed by atoms with Crippen molar-refractivity contribution in [2.75, 3.05) is 26.1 Å². The van der Waals surface area contributed by atoms with E-state index in [0.29, 0.717) is 22.9 Å². The number of fused-ring (bicyclic) bond motifs is 1. The fourth-order valence-electron chi connectivity index (χ4n) is 2.36. The lowest BCUT2D eigenvalue weighted by Crippen LogP contribution is -2.34. The lowest BCUT2D eigenvalue weighted by Gasteiger charge is -2.26. The van der Waals surface area contributed by atoms with E-state index in [1.807, 2.05) is 6.92 Å². The Balaban J connectivity index is 1.67. The van der Waals surface area contributed by atoms with Crippen LogP contribution in [-0.4, -0.2) is 34.8 Å². The number of ether oxygens (including phenoxy) is 3.